The maximum absolute atomic E-state index is 11.5. The van der Waals surface area contributed by atoms with Crippen molar-refractivity contribution < 1.29 is 44.1 Å². The Kier molecular flexibility index (Phi) is 4.94. The zero-order valence-electron chi connectivity index (χ0n) is 16.8. The van der Waals surface area contributed by atoms with E-state index in [-0.39, 0.29) is 42.0 Å². The molecule has 2 aromatic carbocycles. The summed E-state index contributed by atoms with van der Waals surface area (Å²) in [7, 11) is 4.21. The Morgan fingerprint density at radius 3 is 1.73 bits per heavy atom. The van der Waals surface area contributed by atoms with E-state index < -0.39 is 23.4 Å². The molecule has 9 nitrogen and oxygen atoms in total. The summed E-state index contributed by atoms with van der Waals surface area (Å²) in [4.78, 5) is 0. The maximum atomic E-state index is 11.5. The topological polar surface area (TPSA) is 127 Å². The predicted octanol–water partition coefficient (Wildman–Crippen LogP) is 1.43. The summed E-state index contributed by atoms with van der Waals surface area (Å²) in [5.74, 6) is 0.279. The van der Waals surface area contributed by atoms with E-state index >= 15 is 0 Å². The van der Waals surface area contributed by atoms with Crippen molar-refractivity contribution in [3.8, 4) is 28.7 Å². The third-order valence-electron chi connectivity index (χ3n) is 5.87. The minimum Gasteiger partial charge on any atom is -0.504 e. The molecule has 2 fully saturated rings. The third-order valence-corrected chi connectivity index (χ3v) is 5.87. The second kappa shape index (κ2) is 7.21. The average molecular weight is 420 g/mol. The van der Waals surface area contributed by atoms with Crippen molar-refractivity contribution in [2.75, 3.05) is 34.5 Å². The summed E-state index contributed by atoms with van der Waals surface area (Å²) in [6, 6.07) is 7.60. The quantitative estimate of drug-likeness (QED) is 0.568. The normalized spacial score (nSPS) is 30.2. The highest BCUT2D eigenvalue weighted by molar-refractivity contribution is 5.54. The van der Waals surface area contributed by atoms with E-state index in [4.69, 9.17) is 23.7 Å². The Balaban J connectivity index is 1.73. The van der Waals surface area contributed by atoms with E-state index in [1.807, 2.05) is 0 Å². The molecule has 0 radical (unpaired) electrons. The molecule has 0 aromatic heterocycles. The standard InChI is InChI=1S/C21H24O9/c1-26-14-6-11(4-5-13(14)22)18-20(24)9-30-19(21(20,25)10-29-18)12-7-15(27-2)17(23)16(8-12)28-3/h4-8,18-19,22-25H,9-10H2,1-3H3/t18-,19-,20+,21+/m1/s1. The molecular weight excluding hydrogens is 396 g/mol. The third kappa shape index (κ3) is 2.78. The first-order valence-electron chi connectivity index (χ1n) is 9.28. The number of benzene rings is 2. The Morgan fingerprint density at radius 2 is 1.23 bits per heavy atom. The van der Waals surface area contributed by atoms with Crippen LogP contribution in [0, 0.1) is 0 Å². The fourth-order valence-electron chi connectivity index (χ4n) is 4.22. The summed E-state index contributed by atoms with van der Waals surface area (Å²) in [5, 5.41) is 43.0. The molecule has 2 aliphatic heterocycles. The molecule has 2 aromatic rings. The molecule has 4 atom stereocenters. The molecule has 162 valence electrons. The van der Waals surface area contributed by atoms with Crippen molar-refractivity contribution in [1.82, 2.24) is 0 Å². The minimum atomic E-state index is -1.78. The SMILES string of the molecule is COc1cc([C@H]2OC[C@]3(O)[C@@H](c4cc(OC)c(O)c(OC)c4)OC[C@]23O)ccc1O. The van der Waals surface area contributed by atoms with Crippen molar-refractivity contribution in [1.29, 1.82) is 0 Å². The van der Waals surface area contributed by atoms with Gasteiger partial charge in [-0.1, -0.05) is 6.07 Å². The van der Waals surface area contributed by atoms with Gasteiger partial charge in [0.25, 0.3) is 0 Å². The van der Waals surface area contributed by atoms with Gasteiger partial charge in [0.05, 0.1) is 34.5 Å². The Labute approximate surface area is 173 Å². The van der Waals surface area contributed by atoms with Gasteiger partial charge >= 0.3 is 0 Å². The first-order chi connectivity index (χ1) is 14.3. The van der Waals surface area contributed by atoms with Crippen LogP contribution in [0.5, 0.6) is 28.7 Å². The van der Waals surface area contributed by atoms with E-state index in [0.717, 1.165) is 0 Å². The highest BCUT2D eigenvalue weighted by Crippen LogP contribution is 2.57. The number of hydrogen-bond acceptors (Lipinski definition) is 9. The molecule has 2 heterocycles. The van der Waals surface area contributed by atoms with Gasteiger partial charge in [0, 0.05) is 0 Å². The fourth-order valence-corrected chi connectivity index (χ4v) is 4.22. The van der Waals surface area contributed by atoms with Crippen LogP contribution in [-0.2, 0) is 9.47 Å². The molecule has 0 unspecified atom stereocenters. The predicted molar refractivity (Wildman–Crippen MR) is 103 cm³/mol. The molecule has 2 saturated heterocycles. The summed E-state index contributed by atoms with van der Waals surface area (Å²) in [6.45, 7) is -0.402. The zero-order valence-corrected chi connectivity index (χ0v) is 16.8. The molecule has 0 amide bonds. The van der Waals surface area contributed by atoms with Crippen LogP contribution in [-0.4, -0.2) is 66.2 Å². The van der Waals surface area contributed by atoms with E-state index in [2.05, 4.69) is 0 Å². The second-order valence-electron chi connectivity index (χ2n) is 7.44. The van der Waals surface area contributed by atoms with Crippen LogP contribution in [0.25, 0.3) is 0 Å². The molecule has 30 heavy (non-hydrogen) atoms. The first-order valence-corrected chi connectivity index (χ1v) is 9.28. The number of ether oxygens (including phenoxy) is 5. The van der Waals surface area contributed by atoms with E-state index in [0.29, 0.717) is 11.1 Å². The van der Waals surface area contributed by atoms with Crippen molar-refractivity contribution >= 4 is 0 Å². The number of aromatic hydroxyl groups is 2. The van der Waals surface area contributed by atoms with E-state index in [1.54, 1.807) is 12.1 Å². The van der Waals surface area contributed by atoms with Crippen LogP contribution in [0.3, 0.4) is 0 Å². The molecule has 4 N–H and O–H groups in total. The van der Waals surface area contributed by atoms with Gasteiger partial charge in [0.2, 0.25) is 5.75 Å². The molecule has 0 bridgehead atoms. The summed E-state index contributed by atoms with van der Waals surface area (Å²) < 4.78 is 27.1. The van der Waals surface area contributed by atoms with Crippen molar-refractivity contribution in [3.63, 3.8) is 0 Å². The highest BCUT2D eigenvalue weighted by Gasteiger charge is 2.69. The number of phenolic OH excluding ortho intramolecular Hbond substituents is 2. The van der Waals surface area contributed by atoms with Crippen LogP contribution < -0.4 is 14.2 Å². The monoisotopic (exact) mass is 420 g/mol. The molecule has 2 aliphatic rings. The smallest absolute Gasteiger partial charge is 0.200 e. The second-order valence-corrected chi connectivity index (χ2v) is 7.44. The molecule has 0 aliphatic carbocycles. The van der Waals surface area contributed by atoms with Gasteiger partial charge in [0.15, 0.2) is 34.2 Å². The average Bonchev–Trinajstić information content (AvgIpc) is 3.15. The van der Waals surface area contributed by atoms with E-state index in [1.165, 1.54) is 39.5 Å². The minimum absolute atomic E-state index is 0.0506. The Morgan fingerprint density at radius 1 is 0.767 bits per heavy atom. The fraction of sp³-hybridized carbons (Fsp3) is 0.429. The number of rotatable bonds is 5. The summed E-state index contributed by atoms with van der Waals surface area (Å²) >= 11 is 0. The van der Waals surface area contributed by atoms with Crippen molar-refractivity contribution in [3.05, 3.63) is 41.5 Å². The van der Waals surface area contributed by atoms with Gasteiger partial charge in [0.1, 0.15) is 12.2 Å². The van der Waals surface area contributed by atoms with Gasteiger partial charge in [-0.15, -0.1) is 0 Å². The number of methoxy groups -OCH3 is 3. The van der Waals surface area contributed by atoms with Crippen molar-refractivity contribution in [2.24, 2.45) is 0 Å². The first kappa shape index (κ1) is 20.5. The zero-order chi connectivity index (χ0) is 21.7. The Hall–Kier alpha value is -2.72. The lowest BCUT2D eigenvalue weighted by molar-refractivity contribution is -0.113. The molecule has 0 saturated carbocycles. The molecular formula is C21H24O9. The maximum Gasteiger partial charge on any atom is 0.200 e. The number of fused-ring (bicyclic) bond motifs is 1. The largest absolute Gasteiger partial charge is 0.504 e. The van der Waals surface area contributed by atoms with Crippen LogP contribution in [0.15, 0.2) is 30.3 Å². The molecule has 4 rings (SSSR count). The van der Waals surface area contributed by atoms with E-state index in [9.17, 15) is 20.4 Å². The lowest BCUT2D eigenvalue weighted by Crippen LogP contribution is -2.54. The molecule has 9 heteroatoms. The lowest BCUT2D eigenvalue weighted by atomic mass is 9.77. The van der Waals surface area contributed by atoms with Crippen LogP contribution in [0.1, 0.15) is 23.3 Å². The number of aliphatic hydroxyl groups is 2. The number of phenols is 2. The van der Waals surface area contributed by atoms with Crippen molar-refractivity contribution in [2.45, 2.75) is 23.4 Å². The molecule has 0 spiro atoms. The highest BCUT2D eigenvalue weighted by atomic mass is 16.6. The van der Waals surface area contributed by atoms with Crippen LogP contribution in [0.2, 0.25) is 0 Å². The summed E-state index contributed by atoms with van der Waals surface area (Å²) in [5.41, 5.74) is -2.57. The van der Waals surface area contributed by atoms with Gasteiger partial charge in [-0.25, -0.2) is 0 Å². The van der Waals surface area contributed by atoms with Crippen LogP contribution in [0.4, 0.5) is 0 Å². The van der Waals surface area contributed by atoms with Gasteiger partial charge in [-0.3, -0.25) is 0 Å². The van der Waals surface area contributed by atoms with Gasteiger partial charge < -0.3 is 44.1 Å². The van der Waals surface area contributed by atoms with Gasteiger partial charge in [-0.05, 0) is 35.4 Å². The Bertz CT molecular complexity index is 936. The lowest BCUT2D eigenvalue weighted by Gasteiger charge is -2.34. The summed E-state index contributed by atoms with van der Waals surface area (Å²) in [6.07, 6.45) is -1.88. The number of hydrogen-bond donors (Lipinski definition) is 4. The van der Waals surface area contributed by atoms with Crippen LogP contribution >= 0.6 is 0 Å². The van der Waals surface area contributed by atoms with Gasteiger partial charge in [-0.2, -0.15) is 0 Å².